The lowest BCUT2D eigenvalue weighted by Gasteiger charge is -2.19. The van der Waals surface area contributed by atoms with Crippen LogP contribution in [0.1, 0.15) is 104 Å². The molecule has 2 nitrogen and oxygen atoms in total. The molecule has 41 heavy (non-hydrogen) atoms. The maximum absolute atomic E-state index is 10.2. The molecule has 0 aromatic heterocycles. The van der Waals surface area contributed by atoms with Crippen LogP contribution in [-0.2, 0) is 19.3 Å². The quantitative estimate of drug-likeness (QED) is 0.175. The Morgan fingerprint density at radius 2 is 0.902 bits per heavy atom. The number of hydrogen-bond donors (Lipinski definition) is 0. The summed E-state index contributed by atoms with van der Waals surface area (Å²) in [4.78, 5) is 0. The van der Waals surface area contributed by atoms with E-state index >= 15 is 0 Å². The summed E-state index contributed by atoms with van der Waals surface area (Å²) in [5, 5.41) is 30.3. The van der Waals surface area contributed by atoms with Gasteiger partial charge < -0.3 is 0 Å². The average Bonchev–Trinajstić information content (AvgIpc) is 2.99. The number of aryl methyl sites for hydroxylation is 6. The van der Waals surface area contributed by atoms with Crippen molar-refractivity contribution in [3.8, 4) is 12.1 Å². The molecule has 0 saturated carbocycles. The first kappa shape index (κ1) is 28.6. The summed E-state index contributed by atoms with van der Waals surface area (Å²) < 4.78 is 0. The second-order valence-corrected chi connectivity index (χ2v) is 12.0. The number of fused-ring (bicyclic) bond motifs is 4. The van der Waals surface area contributed by atoms with E-state index in [1.807, 2.05) is 0 Å². The normalized spacial score (nSPS) is 11.5. The zero-order valence-electron chi connectivity index (χ0n) is 25.7. The van der Waals surface area contributed by atoms with Crippen molar-refractivity contribution in [2.75, 3.05) is 0 Å². The second-order valence-electron chi connectivity index (χ2n) is 12.0. The van der Waals surface area contributed by atoms with Crippen LogP contribution in [-0.4, -0.2) is 0 Å². The molecule has 208 valence electrons. The molecule has 0 unspecified atom stereocenters. The van der Waals surface area contributed by atoms with Crippen molar-refractivity contribution in [3.05, 3.63) is 80.9 Å². The van der Waals surface area contributed by atoms with Crippen LogP contribution in [0.5, 0.6) is 0 Å². The van der Waals surface area contributed by atoms with E-state index in [9.17, 15) is 10.5 Å². The predicted octanol–water partition coefficient (Wildman–Crippen LogP) is 11.0. The lowest BCUT2D eigenvalue weighted by Crippen LogP contribution is -2.00. The maximum atomic E-state index is 10.2. The van der Waals surface area contributed by atoms with Gasteiger partial charge >= 0.3 is 0 Å². The first-order valence-corrected chi connectivity index (χ1v) is 15.6. The van der Waals surface area contributed by atoms with Crippen LogP contribution in [0.4, 0.5) is 0 Å². The van der Waals surface area contributed by atoms with Crippen molar-refractivity contribution >= 4 is 43.1 Å². The van der Waals surface area contributed by atoms with Gasteiger partial charge in [0.25, 0.3) is 0 Å². The van der Waals surface area contributed by atoms with Crippen LogP contribution in [0, 0.1) is 43.4 Å². The molecule has 0 amide bonds. The summed E-state index contributed by atoms with van der Waals surface area (Å²) in [5.41, 5.74) is 9.12. The number of hydrogen-bond acceptors (Lipinski definition) is 2. The molecule has 0 aliphatic rings. The Balaban J connectivity index is 1.91. The van der Waals surface area contributed by atoms with E-state index in [4.69, 9.17) is 0 Å². The van der Waals surface area contributed by atoms with E-state index < -0.39 is 0 Å². The first-order chi connectivity index (χ1) is 19.9. The lowest BCUT2D eigenvalue weighted by molar-refractivity contribution is 0.791. The third kappa shape index (κ3) is 4.96. The molecule has 0 saturated heterocycles. The van der Waals surface area contributed by atoms with Gasteiger partial charge in [0, 0.05) is 0 Å². The molecule has 5 aromatic carbocycles. The molecule has 2 heteroatoms. The van der Waals surface area contributed by atoms with Crippen LogP contribution in [0.25, 0.3) is 43.1 Å². The van der Waals surface area contributed by atoms with Gasteiger partial charge in [0.2, 0.25) is 0 Å². The van der Waals surface area contributed by atoms with Gasteiger partial charge in [-0.3, -0.25) is 0 Å². The minimum absolute atomic E-state index is 0.817. The van der Waals surface area contributed by atoms with E-state index in [1.54, 1.807) is 0 Å². The number of rotatable bonds is 9. The summed E-state index contributed by atoms with van der Waals surface area (Å²) in [6.45, 7) is 13.3. The predicted molar refractivity (Wildman–Crippen MR) is 176 cm³/mol. The lowest BCUT2D eigenvalue weighted by atomic mass is 9.84. The number of unbranched alkanes of at least 4 members (excludes halogenated alkanes) is 3. The molecule has 0 bridgehead atoms. The van der Waals surface area contributed by atoms with E-state index in [-0.39, 0.29) is 0 Å². The standard InChI is InChI=1S/C39H42N2/c1-7-10-13-27-17-29(23-41)31(15-12-9-3)39-21-36-25(5)33-18-32-24(4)16-28(22-40)30(14-11-8-2)38(32)20-35(33)26(6)34(36)19-37(27)39/h16-21H,7-15H2,1-6H3. The number of nitriles is 2. The van der Waals surface area contributed by atoms with Crippen LogP contribution in [0.3, 0.4) is 0 Å². The highest BCUT2D eigenvalue weighted by Gasteiger charge is 2.18. The van der Waals surface area contributed by atoms with Crippen LogP contribution in [0.2, 0.25) is 0 Å². The van der Waals surface area contributed by atoms with Gasteiger partial charge in [-0.25, -0.2) is 0 Å². The summed E-state index contributed by atoms with van der Waals surface area (Å²) in [5.74, 6) is 0. The maximum Gasteiger partial charge on any atom is 0.0994 e. The van der Waals surface area contributed by atoms with Gasteiger partial charge in [0.05, 0.1) is 23.3 Å². The van der Waals surface area contributed by atoms with Gasteiger partial charge in [0.15, 0.2) is 0 Å². The fraction of sp³-hybridized carbons (Fsp3) is 0.385. The fourth-order valence-electron chi connectivity index (χ4n) is 6.85. The minimum atomic E-state index is 0.817. The van der Waals surface area contributed by atoms with E-state index in [0.717, 1.165) is 74.5 Å². The van der Waals surface area contributed by atoms with Crippen molar-refractivity contribution in [2.24, 2.45) is 0 Å². The molecule has 0 fully saturated rings. The number of benzene rings is 5. The smallest absolute Gasteiger partial charge is 0.0994 e. The molecule has 0 spiro atoms. The van der Waals surface area contributed by atoms with Crippen LogP contribution >= 0.6 is 0 Å². The molecule has 0 radical (unpaired) electrons. The minimum Gasteiger partial charge on any atom is -0.192 e. The Bertz CT molecular complexity index is 1890. The zero-order valence-corrected chi connectivity index (χ0v) is 25.7. The highest BCUT2D eigenvalue weighted by Crippen LogP contribution is 2.41. The van der Waals surface area contributed by atoms with Gasteiger partial charge in [-0.05, 0) is 172 Å². The molecular weight excluding hydrogens is 496 g/mol. The summed E-state index contributed by atoms with van der Waals surface area (Å²) in [7, 11) is 0. The summed E-state index contributed by atoms with van der Waals surface area (Å²) in [6, 6.07) is 18.9. The zero-order chi connectivity index (χ0) is 29.3. The highest BCUT2D eigenvalue weighted by molar-refractivity contribution is 6.14. The second kappa shape index (κ2) is 11.9. The molecule has 0 heterocycles. The van der Waals surface area contributed by atoms with Crippen molar-refractivity contribution in [1.82, 2.24) is 0 Å². The molecule has 5 rings (SSSR count). The van der Waals surface area contributed by atoms with Crippen molar-refractivity contribution in [3.63, 3.8) is 0 Å². The van der Waals surface area contributed by atoms with E-state index in [2.05, 4.69) is 90.1 Å². The molecule has 0 N–H and O–H groups in total. The number of nitrogens with zero attached hydrogens (tertiary/aromatic N) is 2. The Hall–Kier alpha value is -3.88. The van der Waals surface area contributed by atoms with Crippen LogP contribution in [0.15, 0.2) is 36.4 Å². The SMILES string of the molecule is CCCCc1cc(C#N)c(CCCC)c2cc3c(C)c4cc5c(C)cc(C#N)c(CCCC)c5cc4c(C)c3cc12. The van der Waals surface area contributed by atoms with Crippen molar-refractivity contribution in [1.29, 1.82) is 10.5 Å². The fourth-order valence-corrected chi connectivity index (χ4v) is 6.85. The average molecular weight is 539 g/mol. The Kier molecular flexibility index (Phi) is 8.33. The first-order valence-electron chi connectivity index (χ1n) is 15.6. The molecular formula is C39H42N2. The van der Waals surface area contributed by atoms with Gasteiger partial charge in [-0.1, -0.05) is 40.0 Å². The Morgan fingerprint density at radius 1 is 0.488 bits per heavy atom. The molecule has 0 aliphatic carbocycles. The van der Waals surface area contributed by atoms with Crippen molar-refractivity contribution in [2.45, 2.75) is 99.3 Å². The molecule has 0 aliphatic heterocycles. The van der Waals surface area contributed by atoms with E-state index in [0.29, 0.717) is 0 Å². The van der Waals surface area contributed by atoms with E-state index in [1.165, 1.54) is 70.9 Å². The van der Waals surface area contributed by atoms with Gasteiger partial charge in [-0.15, -0.1) is 0 Å². The summed E-state index contributed by atoms with van der Waals surface area (Å²) in [6.07, 6.45) is 9.50. The third-order valence-corrected chi connectivity index (χ3v) is 9.28. The van der Waals surface area contributed by atoms with Gasteiger partial charge in [-0.2, -0.15) is 10.5 Å². The molecule has 0 atom stereocenters. The third-order valence-electron chi connectivity index (χ3n) is 9.28. The van der Waals surface area contributed by atoms with Gasteiger partial charge in [0.1, 0.15) is 0 Å². The van der Waals surface area contributed by atoms with Crippen molar-refractivity contribution < 1.29 is 0 Å². The largest absolute Gasteiger partial charge is 0.192 e. The topological polar surface area (TPSA) is 47.6 Å². The highest BCUT2D eigenvalue weighted by atomic mass is 14.3. The van der Waals surface area contributed by atoms with Crippen LogP contribution < -0.4 is 0 Å². The monoisotopic (exact) mass is 538 g/mol. The molecule has 5 aromatic rings. The Morgan fingerprint density at radius 3 is 1.39 bits per heavy atom. The summed E-state index contributed by atoms with van der Waals surface area (Å²) >= 11 is 0. The Labute approximate surface area is 245 Å².